The van der Waals surface area contributed by atoms with E-state index in [4.69, 9.17) is 5.73 Å². The topological polar surface area (TPSA) is 29.3 Å². The maximum atomic E-state index is 5.88. The molecule has 0 aliphatic carbocycles. The van der Waals surface area contributed by atoms with E-state index in [1.807, 2.05) is 0 Å². The third-order valence-corrected chi connectivity index (χ3v) is 4.03. The number of hydrogen-bond donors (Lipinski definition) is 1. The highest BCUT2D eigenvalue weighted by molar-refractivity contribution is 7.07. The van der Waals surface area contributed by atoms with Crippen molar-refractivity contribution < 1.29 is 0 Å². The monoisotopic (exact) mass is 254 g/mol. The van der Waals surface area contributed by atoms with Crippen LogP contribution in [0.3, 0.4) is 0 Å². The van der Waals surface area contributed by atoms with Crippen molar-refractivity contribution >= 4 is 11.3 Å². The smallest absolute Gasteiger partial charge is 0.0242 e. The molecule has 1 rings (SSSR count). The fraction of sp³-hybridized carbons (Fsp3) is 0.714. The van der Waals surface area contributed by atoms with Gasteiger partial charge in [-0.05, 0) is 35.9 Å². The van der Waals surface area contributed by atoms with Crippen LogP contribution in [-0.4, -0.2) is 24.5 Å². The molecule has 0 fully saturated rings. The summed E-state index contributed by atoms with van der Waals surface area (Å²) in [7, 11) is 2.19. The molecule has 0 spiro atoms. The first-order valence-electron chi connectivity index (χ1n) is 6.69. The summed E-state index contributed by atoms with van der Waals surface area (Å²) in [5.74, 6) is 0. The van der Waals surface area contributed by atoms with Crippen molar-refractivity contribution in [1.29, 1.82) is 0 Å². The van der Waals surface area contributed by atoms with Gasteiger partial charge in [-0.2, -0.15) is 11.3 Å². The molecule has 17 heavy (non-hydrogen) atoms. The Balaban J connectivity index is 2.28. The van der Waals surface area contributed by atoms with Crippen LogP contribution in [0, 0.1) is 0 Å². The highest BCUT2D eigenvalue weighted by Crippen LogP contribution is 2.14. The van der Waals surface area contributed by atoms with Gasteiger partial charge in [0.25, 0.3) is 0 Å². The Hall–Kier alpha value is -0.380. The van der Waals surface area contributed by atoms with Crippen LogP contribution >= 0.6 is 11.3 Å². The van der Waals surface area contributed by atoms with E-state index in [0.717, 1.165) is 13.1 Å². The first-order valence-corrected chi connectivity index (χ1v) is 7.63. The van der Waals surface area contributed by atoms with Gasteiger partial charge in [-0.1, -0.05) is 32.6 Å². The van der Waals surface area contributed by atoms with Gasteiger partial charge in [0, 0.05) is 19.1 Å². The van der Waals surface area contributed by atoms with E-state index in [1.165, 1.54) is 37.7 Å². The molecule has 1 aromatic rings. The lowest BCUT2D eigenvalue weighted by molar-refractivity contribution is 0.223. The molecule has 98 valence electrons. The lowest BCUT2D eigenvalue weighted by Crippen LogP contribution is -2.37. The minimum Gasteiger partial charge on any atom is -0.329 e. The summed E-state index contributed by atoms with van der Waals surface area (Å²) in [5.41, 5.74) is 7.29. The first-order chi connectivity index (χ1) is 8.27. The number of likely N-dealkylation sites (N-methyl/N-ethyl adjacent to an activating group) is 1. The van der Waals surface area contributed by atoms with E-state index >= 15 is 0 Å². The summed E-state index contributed by atoms with van der Waals surface area (Å²) in [5, 5.41) is 4.36. The van der Waals surface area contributed by atoms with Crippen LogP contribution in [0.2, 0.25) is 0 Å². The van der Waals surface area contributed by atoms with Crippen LogP contribution in [0.1, 0.15) is 44.6 Å². The number of nitrogens with zero attached hydrogens (tertiary/aromatic N) is 1. The van der Waals surface area contributed by atoms with Gasteiger partial charge >= 0.3 is 0 Å². The zero-order valence-electron chi connectivity index (χ0n) is 11.2. The fourth-order valence-corrected chi connectivity index (χ4v) is 2.78. The average molecular weight is 254 g/mol. The molecule has 2 nitrogen and oxygen atoms in total. The molecule has 0 aromatic carbocycles. The number of hydrogen-bond acceptors (Lipinski definition) is 3. The highest BCUT2D eigenvalue weighted by atomic mass is 32.1. The van der Waals surface area contributed by atoms with E-state index in [0.29, 0.717) is 6.04 Å². The zero-order valence-corrected chi connectivity index (χ0v) is 12.0. The SMILES string of the molecule is CCCCCCC(CN)N(C)Cc1ccsc1. The second-order valence-electron chi connectivity index (χ2n) is 4.79. The van der Waals surface area contributed by atoms with Gasteiger partial charge in [-0.15, -0.1) is 0 Å². The van der Waals surface area contributed by atoms with Crippen molar-refractivity contribution in [2.75, 3.05) is 13.6 Å². The van der Waals surface area contributed by atoms with Crippen molar-refractivity contribution in [3.8, 4) is 0 Å². The second kappa shape index (κ2) is 8.67. The molecule has 1 heterocycles. The molecule has 0 aliphatic heterocycles. The van der Waals surface area contributed by atoms with Gasteiger partial charge in [0.1, 0.15) is 0 Å². The fourth-order valence-electron chi connectivity index (χ4n) is 2.12. The Kier molecular flexibility index (Phi) is 7.49. The number of rotatable bonds is 9. The molecular weight excluding hydrogens is 228 g/mol. The largest absolute Gasteiger partial charge is 0.329 e. The summed E-state index contributed by atoms with van der Waals surface area (Å²) in [6.07, 6.45) is 6.55. The van der Waals surface area contributed by atoms with Crippen LogP contribution in [0.5, 0.6) is 0 Å². The molecule has 1 aromatic heterocycles. The van der Waals surface area contributed by atoms with Crippen molar-refractivity contribution in [3.05, 3.63) is 22.4 Å². The van der Waals surface area contributed by atoms with Gasteiger partial charge < -0.3 is 5.73 Å². The summed E-state index contributed by atoms with van der Waals surface area (Å²) in [6.45, 7) is 4.05. The van der Waals surface area contributed by atoms with E-state index in [9.17, 15) is 0 Å². The standard InChI is InChI=1S/C14H26N2S/c1-3-4-5-6-7-14(10-15)16(2)11-13-8-9-17-12-13/h8-9,12,14H,3-7,10-11,15H2,1-2H3. The minimum atomic E-state index is 0.534. The van der Waals surface area contributed by atoms with Gasteiger partial charge in [0.15, 0.2) is 0 Å². The van der Waals surface area contributed by atoms with Crippen molar-refractivity contribution in [3.63, 3.8) is 0 Å². The second-order valence-corrected chi connectivity index (χ2v) is 5.57. The number of nitrogens with two attached hydrogens (primary N) is 1. The Morgan fingerprint density at radius 2 is 2.18 bits per heavy atom. The summed E-state index contributed by atoms with van der Waals surface area (Å²) < 4.78 is 0. The van der Waals surface area contributed by atoms with Crippen LogP contribution in [0.15, 0.2) is 16.8 Å². The first kappa shape index (κ1) is 14.7. The Bertz CT molecular complexity index is 272. The molecule has 2 N–H and O–H groups in total. The van der Waals surface area contributed by atoms with Gasteiger partial charge in [0.2, 0.25) is 0 Å². The summed E-state index contributed by atoms with van der Waals surface area (Å²) in [6, 6.07) is 2.73. The maximum absolute atomic E-state index is 5.88. The summed E-state index contributed by atoms with van der Waals surface area (Å²) in [4.78, 5) is 2.40. The molecule has 1 atom stereocenters. The third-order valence-electron chi connectivity index (χ3n) is 3.30. The molecule has 0 amide bonds. The molecule has 0 saturated heterocycles. The average Bonchev–Trinajstić information content (AvgIpc) is 2.82. The van der Waals surface area contributed by atoms with Crippen LogP contribution in [0.25, 0.3) is 0 Å². The van der Waals surface area contributed by atoms with E-state index in [-0.39, 0.29) is 0 Å². The molecule has 0 aliphatic rings. The van der Waals surface area contributed by atoms with Crippen LogP contribution in [0.4, 0.5) is 0 Å². The Morgan fingerprint density at radius 1 is 1.35 bits per heavy atom. The third kappa shape index (κ3) is 5.66. The summed E-state index contributed by atoms with van der Waals surface area (Å²) >= 11 is 1.77. The van der Waals surface area contributed by atoms with Crippen molar-refractivity contribution in [1.82, 2.24) is 4.90 Å². The molecule has 0 saturated carbocycles. The molecule has 1 unspecified atom stereocenters. The van der Waals surface area contributed by atoms with E-state index in [2.05, 4.69) is 35.7 Å². The highest BCUT2D eigenvalue weighted by Gasteiger charge is 2.12. The maximum Gasteiger partial charge on any atom is 0.0242 e. The normalized spacial score (nSPS) is 13.2. The Labute approximate surface area is 110 Å². The van der Waals surface area contributed by atoms with E-state index < -0.39 is 0 Å². The predicted octanol–water partition coefficient (Wildman–Crippen LogP) is 3.48. The number of thiophene rings is 1. The predicted molar refractivity (Wildman–Crippen MR) is 77.4 cm³/mol. The molecule has 0 radical (unpaired) electrons. The Morgan fingerprint density at radius 3 is 2.76 bits per heavy atom. The van der Waals surface area contributed by atoms with E-state index in [1.54, 1.807) is 11.3 Å². The lowest BCUT2D eigenvalue weighted by atomic mass is 10.1. The molecule has 3 heteroatoms. The quantitative estimate of drug-likeness (QED) is 0.684. The number of unbranched alkanes of at least 4 members (excludes halogenated alkanes) is 3. The van der Waals surface area contributed by atoms with Gasteiger partial charge in [-0.3, -0.25) is 4.90 Å². The van der Waals surface area contributed by atoms with Gasteiger partial charge in [0.05, 0.1) is 0 Å². The van der Waals surface area contributed by atoms with Gasteiger partial charge in [-0.25, -0.2) is 0 Å². The molecule has 0 bridgehead atoms. The zero-order chi connectivity index (χ0) is 12.5. The molecular formula is C14H26N2S. The van der Waals surface area contributed by atoms with Crippen LogP contribution < -0.4 is 5.73 Å². The lowest BCUT2D eigenvalue weighted by Gasteiger charge is -2.26. The minimum absolute atomic E-state index is 0.534. The van der Waals surface area contributed by atoms with Crippen molar-refractivity contribution in [2.45, 2.75) is 51.6 Å². The van der Waals surface area contributed by atoms with Crippen molar-refractivity contribution in [2.24, 2.45) is 5.73 Å². The van der Waals surface area contributed by atoms with Crippen LogP contribution in [-0.2, 0) is 6.54 Å².